The summed E-state index contributed by atoms with van der Waals surface area (Å²) < 4.78 is 14.9. The van der Waals surface area contributed by atoms with Crippen molar-refractivity contribution in [2.24, 2.45) is 5.73 Å². The van der Waals surface area contributed by atoms with Gasteiger partial charge in [0.05, 0.1) is 6.04 Å². The van der Waals surface area contributed by atoms with Crippen LogP contribution in [0.2, 0.25) is 4.34 Å². The average molecular weight is 321 g/mol. The van der Waals surface area contributed by atoms with Crippen molar-refractivity contribution in [3.63, 3.8) is 0 Å². The Balaban J connectivity index is 2.39. The van der Waals surface area contributed by atoms with Crippen molar-refractivity contribution in [3.8, 4) is 0 Å². The monoisotopic (exact) mass is 319 g/mol. The number of halogens is 3. The maximum absolute atomic E-state index is 13.5. The van der Waals surface area contributed by atoms with Crippen LogP contribution in [-0.2, 0) is 0 Å². The first-order chi connectivity index (χ1) is 7.59. The third-order valence-corrected chi connectivity index (χ3v) is 4.77. The van der Waals surface area contributed by atoms with Gasteiger partial charge in [0, 0.05) is 14.9 Å². The lowest BCUT2D eigenvalue weighted by Crippen LogP contribution is -2.11. The Labute approximate surface area is 110 Å². The Kier molecular flexibility index (Phi) is 3.64. The molecule has 16 heavy (non-hydrogen) atoms. The van der Waals surface area contributed by atoms with Gasteiger partial charge < -0.3 is 5.73 Å². The molecule has 5 heteroatoms. The highest BCUT2D eigenvalue weighted by atomic mass is 79.9. The van der Waals surface area contributed by atoms with Crippen molar-refractivity contribution in [1.82, 2.24) is 0 Å². The molecule has 1 unspecified atom stereocenters. The van der Waals surface area contributed by atoms with Gasteiger partial charge in [0.2, 0.25) is 0 Å². The third-order valence-electron chi connectivity index (χ3n) is 2.21. The second-order valence-corrected chi connectivity index (χ2v) is 5.81. The van der Waals surface area contributed by atoms with Crippen molar-refractivity contribution >= 4 is 38.9 Å². The molecule has 0 bridgehead atoms. The predicted octanol–water partition coefficient (Wildman–Crippen LogP) is 4.35. The fourth-order valence-corrected chi connectivity index (χ4v) is 3.15. The highest BCUT2D eigenvalue weighted by Crippen LogP contribution is 2.36. The lowest BCUT2D eigenvalue weighted by Gasteiger charge is -2.10. The van der Waals surface area contributed by atoms with E-state index in [4.69, 9.17) is 17.3 Å². The Morgan fingerprint density at radius 1 is 1.38 bits per heavy atom. The van der Waals surface area contributed by atoms with Crippen LogP contribution in [0.15, 0.2) is 34.8 Å². The molecule has 0 fully saturated rings. The number of hydrogen-bond donors (Lipinski definition) is 1. The summed E-state index contributed by atoms with van der Waals surface area (Å²) >= 11 is 10.6. The molecule has 0 radical (unpaired) electrons. The summed E-state index contributed by atoms with van der Waals surface area (Å²) in [5.74, 6) is -0.296. The van der Waals surface area contributed by atoms with Gasteiger partial charge in [-0.05, 0) is 28.1 Å². The molecule has 0 aliphatic heterocycles. The maximum Gasteiger partial charge on any atom is 0.128 e. The summed E-state index contributed by atoms with van der Waals surface area (Å²) in [4.78, 5) is 0.835. The second kappa shape index (κ2) is 4.84. The van der Waals surface area contributed by atoms with Gasteiger partial charge in [-0.25, -0.2) is 4.39 Å². The lowest BCUT2D eigenvalue weighted by atomic mass is 10.1. The summed E-state index contributed by atoms with van der Waals surface area (Å²) in [6.45, 7) is 0. The van der Waals surface area contributed by atoms with E-state index in [1.807, 2.05) is 6.07 Å². The first-order valence-corrected chi connectivity index (χ1v) is 6.53. The molecule has 2 aromatic rings. The summed E-state index contributed by atoms with van der Waals surface area (Å²) in [7, 11) is 0. The molecule has 1 heterocycles. The van der Waals surface area contributed by atoms with Gasteiger partial charge in [-0.1, -0.05) is 29.8 Å². The molecule has 0 spiro atoms. The van der Waals surface area contributed by atoms with Gasteiger partial charge >= 0.3 is 0 Å². The van der Waals surface area contributed by atoms with Crippen LogP contribution in [0.5, 0.6) is 0 Å². The molecule has 0 saturated carbocycles. The van der Waals surface area contributed by atoms with Crippen LogP contribution in [0, 0.1) is 5.82 Å². The molecule has 84 valence electrons. The topological polar surface area (TPSA) is 26.0 Å². The van der Waals surface area contributed by atoms with E-state index in [1.165, 1.54) is 17.4 Å². The average Bonchev–Trinajstić information content (AvgIpc) is 2.59. The molecular weight excluding hydrogens is 313 g/mol. The molecule has 2 rings (SSSR count). The van der Waals surface area contributed by atoms with Gasteiger partial charge in [0.25, 0.3) is 0 Å². The summed E-state index contributed by atoms with van der Waals surface area (Å²) in [5, 5.41) is 0. The Morgan fingerprint density at radius 2 is 2.06 bits per heavy atom. The van der Waals surface area contributed by atoms with Gasteiger partial charge in [0.15, 0.2) is 0 Å². The quantitative estimate of drug-likeness (QED) is 0.874. The van der Waals surface area contributed by atoms with Crippen molar-refractivity contribution in [2.75, 3.05) is 0 Å². The van der Waals surface area contributed by atoms with Crippen molar-refractivity contribution in [2.45, 2.75) is 6.04 Å². The van der Waals surface area contributed by atoms with Crippen LogP contribution in [0.1, 0.15) is 16.5 Å². The van der Waals surface area contributed by atoms with E-state index < -0.39 is 6.04 Å². The van der Waals surface area contributed by atoms with Gasteiger partial charge in [-0.3, -0.25) is 0 Å². The van der Waals surface area contributed by atoms with E-state index in [1.54, 1.807) is 18.2 Å². The molecule has 1 atom stereocenters. The molecule has 0 aliphatic rings. The highest BCUT2D eigenvalue weighted by Gasteiger charge is 2.16. The first-order valence-electron chi connectivity index (χ1n) is 4.54. The van der Waals surface area contributed by atoms with E-state index in [0.29, 0.717) is 9.90 Å². The zero-order chi connectivity index (χ0) is 11.7. The van der Waals surface area contributed by atoms with Crippen molar-refractivity contribution in [3.05, 3.63) is 55.4 Å². The smallest absolute Gasteiger partial charge is 0.128 e. The van der Waals surface area contributed by atoms with Crippen LogP contribution in [0.3, 0.4) is 0 Å². The van der Waals surface area contributed by atoms with E-state index >= 15 is 0 Å². The van der Waals surface area contributed by atoms with Crippen LogP contribution in [0.25, 0.3) is 0 Å². The Morgan fingerprint density at radius 3 is 2.62 bits per heavy atom. The largest absolute Gasteiger partial charge is 0.320 e. The zero-order valence-corrected chi connectivity index (χ0v) is 11.2. The summed E-state index contributed by atoms with van der Waals surface area (Å²) in [5.41, 5.74) is 6.47. The summed E-state index contributed by atoms with van der Waals surface area (Å²) in [6.07, 6.45) is 0. The minimum absolute atomic E-state index is 0.296. The maximum atomic E-state index is 13.5. The molecule has 2 N–H and O–H groups in total. The van der Waals surface area contributed by atoms with E-state index in [2.05, 4.69) is 15.9 Å². The molecule has 0 saturated heterocycles. The standard InChI is InChI=1S/C11H8BrClFNS/c12-7-5-9(16-11(7)13)10(15)6-3-1-2-4-8(6)14/h1-5,10H,15H2. The van der Waals surface area contributed by atoms with Crippen LogP contribution in [-0.4, -0.2) is 0 Å². The normalized spacial score (nSPS) is 12.8. The molecular formula is C11H8BrClFNS. The second-order valence-electron chi connectivity index (χ2n) is 3.27. The number of thiophene rings is 1. The Bertz CT molecular complexity index is 495. The summed E-state index contributed by atoms with van der Waals surface area (Å²) in [6, 6.07) is 7.84. The molecule has 1 aromatic carbocycles. The minimum Gasteiger partial charge on any atom is -0.320 e. The minimum atomic E-state index is -0.477. The number of nitrogens with two attached hydrogens (primary N) is 1. The van der Waals surface area contributed by atoms with E-state index in [-0.39, 0.29) is 5.82 Å². The van der Waals surface area contributed by atoms with Crippen LogP contribution in [0.4, 0.5) is 4.39 Å². The SMILES string of the molecule is NC(c1cc(Br)c(Cl)s1)c1ccccc1F. The van der Waals surface area contributed by atoms with Crippen molar-refractivity contribution < 1.29 is 4.39 Å². The number of benzene rings is 1. The van der Waals surface area contributed by atoms with Crippen LogP contribution >= 0.6 is 38.9 Å². The number of rotatable bonds is 2. The molecule has 0 amide bonds. The molecule has 1 aromatic heterocycles. The van der Waals surface area contributed by atoms with Gasteiger partial charge in [-0.2, -0.15) is 0 Å². The van der Waals surface area contributed by atoms with Crippen LogP contribution < -0.4 is 5.73 Å². The first kappa shape index (κ1) is 12.0. The van der Waals surface area contributed by atoms with Gasteiger partial charge in [0.1, 0.15) is 10.2 Å². The van der Waals surface area contributed by atoms with Gasteiger partial charge in [-0.15, -0.1) is 11.3 Å². The fraction of sp³-hybridized carbons (Fsp3) is 0.0909. The predicted molar refractivity (Wildman–Crippen MR) is 69.5 cm³/mol. The number of hydrogen-bond acceptors (Lipinski definition) is 2. The Hall–Kier alpha value is -0.420. The van der Waals surface area contributed by atoms with E-state index in [9.17, 15) is 4.39 Å². The molecule has 0 aliphatic carbocycles. The molecule has 1 nitrogen and oxygen atoms in total. The zero-order valence-electron chi connectivity index (χ0n) is 8.08. The lowest BCUT2D eigenvalue weighted by molar-refractivity contribution is 0.601. The third kappa shape index (κ3) is 2.30. The van der Waals surface area contributed by atoms with E-state index in [0.717, 1.165) is 9.35 Å². The highest BCUT2D eigenvalue weighted by molar-refractivity contribution is 9.10. The fourth-order valence-electron chi connectivity index (χ4n) is 1.40. The van der Waals surface area contributed by atoms with Crippen molar-refractivity contribution in [1.29, 1.82) is 0 Å².